The number of nitrogens with one attached hydrogen (secondary N) is 1. The number of furan rings is 1. The SMILES string of the molecule is Cc1oc(CSC(C)C(C)C)cc1C(=O)NN. The van der Waals surface area contributed by atoms with Gasteiger partial charge in [-0.1, -0.05) is 20.8 Å². The molecule has 96 valence electrons. The maximum Gasteiger partial charge on any atom is 0.268 e. The summed E-state index contributed by atoms with van der Waals surface area (Å²) < 4.78 is 5.53. The molecule has 0 aromatic carbocycles. The summed E-state index contributed by atoms with van der Waals surface area (Å²) in [6.07, 6.45) is 0. The summed E-state index contributed by atoms with van der Waals surface area (Å²) in [6, 6.07) is 1.76. The number of rotatable bonds is 5. The Balaban J connectivity index is 2.65. The van der Waals surface area contributed by atoms with Gasteiger partial charge in [0.2, 0.25) is 0 Å². The van der Waals surface area contributed by atoms with Crippen LogP contribution in [0.5, 0.6) is 0 Å². The van der Waals surface area contributed by atoms with E-state index in [1.807, 2.05) is 11.8 Å². The summed E-state index contributed by atoms with van der Waals surface area (Å²) >= 11 is 1.82. The second-order valence-electron chi connectivity index (χ2n) is 4.42. The predicted octanol–water partition coefficient (Wildman–Crippen LogP) is 2.47. The van der Waals surface area contributed by atoms with Crippen molar-refractivity contribution in [1.82, 2.24) is 5.43 Å². The molecule has 17 heavy (non-hydrogen) atoms. The van der Waals surface area contributed by atoms with Gasteiger partial charge in [0.1, 0.15) is 11.5 Å². The molecule has 0 aliphatic rings. The number of nitrogen functional groups attached to an aromatic ring is 1. The molecule has 0 fully saturated rings. The highest BCUT2D eigenvalue weighted by Crippen LogP contribution is 2.25. The lowest BCUT2D eigenvalue weighted by molar-refractivity contribution is 0.0952. The second kappa shape index (κ2) is 6.12. The third kappa shape index (κ3) is 3.78. The third-order valence-corrected chi connectivity index (χ3v) is 4.29. The Morgan fingerprint density at radius 3 is 2.71 bits per heavy atom. The Hall–Kier alpha value is -0.940. The molecule has 1 aromatic rings. The molecule has 1 aromatic heterocycles. The zero-order chi connectivity index (χ0) is 13.0. The molecule has 4 nitrogen and oxygen atoms in total. The smallest absolute Gasteiger partial charge is 0.268 e. The molecular formula is C12H20N2O2S. The molecule has 1 rings (SSSR count). The number of hydrogen-bond acceptors (Lipinski definition) is 4. The molecular weight excluding hydrogens is 236 g/mol. The normalized spacial score (nSPS) is 12.8. The van der Waals surface area contributed by atoms with Crippen LogP contribution in [0.15, 0.2) is 10.5 Å². The lowest BCUT2D eigenvalue weighted by Crippen LogP contribution is -2.30. The highest BCUT2D eigenvalue weighted by atomic mass is 32.2. The molecule has 0 saturated heterocycles. The van der Waals surface area contributed by atoms with Crippen LogP contribution in [0.1, 0.15) is 42.6 Å². The summed E-state index contributed by atoms with van der Waals surface area (Å²) in [7, 11) is 0. The van der Waals surface area contributed by atoms with Crippen molar-refractivity contribution in [2.24, 2.45) is 11.8 Å². The van der Waals surface area contributed by atoms with E-state index in [1.54, 1.807) is 13.0 Å². The zero-order valence-electron chi connectivity index (χ0n) is 10.7. The standard InChI is InChI=1S/C12H20N2O2S/c1-7(2)9(4)17-6-10-5-11(8(3)16-10)12(15)14-13/h5,7,9H,6,13H2,1-4H3,(H,14,15). The quantitative estimate of drug-likeness (QED) is 0.482. The number of carbonyl (C=O) groups is 1. The Bertz CT molecular complexity index is 388. The Kier molecular flexibility index (Phi) is 5.08. The molecule has 1 atom stereocenters. The number of aryl methyl sites for hydroxylation is 1. The van der Waals surface area contributed by atoms with Gasteiger partial charge in [-0.15, -0.1) is 0 Å². The molecule has 0 radical (unpaired) electrons. The largest absolute Gasteiger partial charge is 0.465 e. The van der Waals surface area contributed by atoms with Gasteiger partial charge < -0.3 is 4.42 Å². The van der Waals surface area contributed by atoms with E-state index in [0.29, 0.717) is 22.5 Å². The van der Waals surface area contributed by atoms with E-state index in [4.69, 9.17) is 10.3 Å². The fourth-order valence-electron chi connectivity index (χ4n) is 1.32. The van der Waals surface area contributed by atoms with Crippen LogP contribution >= 0.6 is 11.8 Å². The molecule has 0 saturated carbocycles. The summed E-state index contributed by atoms with van der Waals surface area (Å²) in [6.45, 7) is 8.35. The molecule has 0 aliphatic carbocycles. The number of nitrogens with two attached hydrogens (primary N) is 1. The van der Waals surface area contributed by atoms with Crippen LogP contribution in [0.4, 0.5) is 0 Å². The van der Waals surface area contributed by atoms with E-state index in [1.165, 1.54) is 0 Å². The molecule has 1 heterocycles. The lowest BCUT2D eigenvalue weighted by Gasteiger charge is -2.13. The zero-order valence-corrected chi connectivity index (χ0v) is 11.6. The van der Waals surface area contributed by atoms with Crippen molar-refractivity contribution in [3.63, 3.8) is 0 Å². The van der Waals surface area contributed by atoms with Gasteiger partial charge in [0.15, 0.2) is 0 Å². The number of amides is 1. The monoisotopic (exact) mass is 256 g/mol. The number of hydrogen-bond donors (Lipinski definition) is 2. The van der Waals surface area contributed by atoms with Crippen LogP contribution in [0, 0.1) is 12.8 Å². The van der Waals surface area contributed by atoms with Crippen LogP contribution in [-0.2, 0) is 5.75 Å². The van der Waals surface area contributed by atoms with Crippen molar-refractivity contribution in [1.29, 1.82) is 0 Å². The van der Waals surface area contributed by atoms with Gasteiger partial charge in [-0.05, 0) is 18.9 Å². The fraction of sp³-hybridized carbons (Fsp3) is 0.583. The van der Waals surface area contributed by atoms with Gasteiger partial charge in [0, 0.05) is 5.25 Å². The first-order chi connectivity index (χ1) is 7.95. The summed E-state index contributed by atoms with van der Waals surface area (Å²) in [4.78, 5) is 11.4. The number of hydrazine groups is 1. The molecule has 5 heteroatoms. The van der Waals surface area contributed by atoms with E-state index in [9.17, 15) is 4.79 Å². The van der Waals surface area contributed by atoms with Crippen LogP contribution in [0.3, 0.4) is 0 Å². The number of thioether (sulfide) groups is 1. The van der Waals surface area contributed by atoms with Crippen molar-refractivity contribution in [2.45, 2.75) is 38.7 Å². The van der Waals surface area contributed by atoms with Gasteiger partial charge in [0.05, 0.1) is 11.3 Å². The minimum atomic E-state index is -0.306. The molecule has 0 spiro atoms. The van der Waals surface area contributed by atoms with Crippen LogP contribution < -0.4 is 11.3 Å². The summed E-state index contributed by atoms with van der Waals surface area (Å²) in [5.74, 6) is 7.63. The van der Waals surface area contributed by atoms with Crippen LogP contribution in [0.2, 0.25) is 0 Å². The Morgan fingerprint density at radius 1 is 1.53 bits per heavy atom. The van der Waals surface area contributed by atoms with E-state index in [-0.39, 0.29) is 5.91 Å². The predicted molar refractivity (Wildman–Crippen MR) is 70.7 cm³/mol. The minimum absolute atomic E-state index is 0.306. The van der Waals surface area contributed by atoms with Gasteiger partial charge in [-0.2, -0.15) is 11.8 Å². The molecule has 0 bridgehead atoms. The average molecular weight is 256 g/mol. The first-order valence-electron chi connectivity index (χ1n) is 5.67. The van der Waals surface area contributed by atoms with Crippen molar-refractivity contribution in [3.8, 4) is 0 Å². The topological polar surface area (TPSA) is 68.3 Å². The Labute approximate surface area is 106 Å². The molecule has 0 aliphatic heterocycles. The van der Waals surface area contributed by atoms with E-state index >= 15 is 0 Å². The maximum atomic E-state index is 11.4. The Morgan fingerprint density at radius 2 is 2.18 bits per heavy atom. The van der Waals surface area contributed by atoms with E-state index in [2.05, 4.69) is 26.2 Å². The van der Waals surface area contributed by atoms with Gasteiger partial charge >= 0.3 is 0 Å². The fourth-order valence-corrected chi connectivity index (χ4v) is 2.28. The highest BCUT2D eigenvalue weighted by molar-refractivity contribution is 7.99. The first kappa shape index (κ1) is 14.1. The molecule has 3 N–H and O–H groups in total. The van der Waals surface area contributed by atoms with Gasteiger partial charge in [-0.3, -0.25) is 10.2 Å². The van der Waals surface area contributed by atoms with Crippen molar-refractivity contribution >= 4 is 17.7 Å². The van der Waals surface area contributed by atoms with Gasteiger partial charge in [-0.25, -0.2) is 5.84 Å². The van der Waals surface area contributed by atoms with E-state index in [0.717, 1.165) is 11.5 Å². The summed E-state index contributed by atoms with van der Waals surface area (Å²) in [5, 5.41) is 0.562. The summed E-state index contributed by atoms with van der Waals surface area (Å²) in [5.41, 5.74) is 2.63. The average Bonchev–Trinajstić information content (AvgIpc) is 2.66. The second-order valence-corrected chi connectivity index (χ2v) is 5.78. The minimum Gasteiger partial charge on any atom is -0.465 e. The molecule has 1 amide bonds. The maximum absolute atomic E-state index is 11.4. The van der Waals surface area contributed by atoms with Crippen molar-refractivity contribution in [3.05, 3.63) is 23.2 Å². The number of carbonyl (C=O) groups excluding carboxylic acids is 1. The third-order valence-electron chi connectivity index (χ3n) is 2.77. The first-order valence-corrected chi connectivity index (χ1v) is 6.72. The van der Waals surface area contributed by atoms with E-state index < -0.39 is 0 Å². The highest BCUT2D eigenvalue weighted by Gasteiger charge is 2.15. The van der Waals surface area contributed by atoms with Crippen molar-refractivity contribution < 1.29 is 9.21 Å². The van der Waals surface area contributed by atoms with Crippen LogP contribution in [0.25, 0.3) is 0 Å². The van der Waals surface area contributed by atoms with Gasteiger partial charge in [0.25, 0.3) is 5.91 Å². The van der Waals surface area contributed by atoms with Crippen LogP contribution in [-0.4, -0.2) is 11.2 Å². The lowest BCUT2D eigenvalue weighted by atomic mass is 10.2. The molecule has 1 unspecified atom stereocenters. The van der Waals surface area contributed by atoms with Crippen molar-refractivity contribution in [2.75, 3.05) is 0 Å².